The molecule has 0 aromatic heterocycles. The quantitative estimate of drug-likeness (QED) is 0.685. The summed E-state index contributed by atoms with van der Waals surface area (Å²) in [4.78, 5) is 3.05. The normalized spacial score (nSPS) is 23.4. The molecular formula is C12H14O2S4. The predicted octanol–water partition coefficient (Wildman–Crippen LogP) is 5.28. The summed E-state index contributed by atoms with van der Waals surface area (Å²) in [6.07, 6.45) is 2.26. The van der Waals surface area contributed by atoms with E-state index in [1.807, 2.05) is 23.5 Å². The number of hydrogen-bond acceptors (Lipinski definition) is 6. The Balaban J connectivity index is 1.76. The maximum atomic E-state index is 5.63. The lowest BCUT2D eigenvalue weighted by molar-refractivity contribution is 0.0949. The molecule has 3 rings (SSSR count). The van der Waals surface area contributed by atoms with E-state index in [0.29, 0.717) is 13.2 Å². The topological polar surface area (TPSA) is 18.5 Å². The van der Waals surface area contributed by atoms with Gasteiger partial charge in [0.05, 0.1) is 8.47 Å². The summed E-state index contributed by atoms with van der Waals surface area (Å²) in [7, 11) is 0. The summed E-state index contributed by atoms with van der Waals surface area (Å²) < 4.78 is 14.0. The van der Waals surface area contributed by atoms with Gasteiger partial charge in [0.2, 0.25) is 10.2 Å². The zero-order valence-corrected chi connectivity index (χ0v) is 13.5. The molecule has 0 N–H and O–H groups in total. The number of rotatable bonds is 2. The predicted molar refractivity (Wildman–Crippen MR) is 83.9 cm³/mol. The van der Waals surface area contributed by atoms with Gasteiger partial charge in [-0.05, 0) is 46.2 Å². The fraction of sp³-hybridized carbons (Fsp3) is 0.500. The van der Waals surface area contributed by atoms with Crippen LogP contribution < -0.4 is 0 Å². The highest BCUT2D eigenvalue weighted by Gasteiger charge is 2.32. The smallest absolute Gasteiger partial charge is 0.208 e. The minimum atomic E-state index is 0.675. The molecule has 0 unspecified atom stereocenters. The van der Waals surface area contributed by atoms with Gasteiger partial charge >= 0.3 is 0 Å². The Morgan fingerprint density at radius 2 is 1.22 bits per heavy atom. The van der Waals surface area contributed by atoms with Gasteiger partial charge in [-0.15, -0.1) is 0 Å². The molecule has 0 aromatic rings. The molecule has 0 saturated carbocycles. The van der Waals surface area contributed by atoms with Crippen molar-refractivity contribution in [3.63, 3.8) is 0 Å². The first-order valence-corrected chi connectivity index (χ1v) is 9.26. The first kappa shape index (κ1) is 13.2. The summed E-state index contributed by atoms with van der Waals surface area (Å²) >= 11 is 7.30. The van der Waals surface area contributed by atoms with E-state index in [1.165, 1.54) is 18.3 Å². The standard InChI is InChI=1S/C12H14O2S4/c1-3-7-8(4-2)16-11(15-7)12-17-9-10(18-12)14-6-5-13-9/h3-6H2,1-2H3. The fourth-order valence-electron chi connectivity index (χ4n) is 1.78. The monoisotopic (exact) mass is 318 g/mol. The van der Waals surface area contributed by atoms with Crippen molar-refractivity contribution in [1.82, 2.24) is 0 Å². The third kappa shape index (κ3) is 2.44. The molecule has 0 fully saturated rings. The Hall–Kier alpha value is 0.220. The van der Waals surface area contributed by atoms with Crippen LogP contribution in [0.4, 0.5) is 0 Å². The van der Waals surface area contributed by atoms with E-state index in [4.69, 9.17) is 9.47 Å². The average molecular weight is 319 g/mol. The van der Waals surface area contributed by atoms with Crippen molar-refractivity contribution in [2.75, 3.05) is 13.2 Å². The van der Waals surface area contributed by atoms with Gasteiger partial charge in [0.15, 0.2) is 0 Å². The Morgan fingerprint density at radius 3 is 1.67 bits per heavy atom. The van der Waals surface area contributed by atoms with Crippen molar-refractivity contribution in [2.24, 2.45) is 0 Å². The van der Waals surface area contributed by atoms with Gasteiger partial charge in [-0.25, -0.2) is 0 Å². The van der Waals surface area contributed by atoms with Gasteiger partial charge in [0.1, 0.15) is 13.2 Å². The van der Waals surface area contributed by atoms with Crippen LogP contribution >= 0.6 is 47.0 Å². The van der Waals surface area contributed by atoms with Gasteiger partial charge in [0, 0.05) is 0 Å². The van der Waals surface area contributed by atoms with Crippen LogP contribution in [0.15, 0.2) is 28.5 Å². The Labute approximate surface area is 124 Å². The second kappa shape index (κ2) is 5.69. The van der Waals surface area contributed by atoms with Gasteiger partial charge in [0.25, 0.3) is 0 Å². The van der Waals surface area contributed by atoms with Crippen LogP contribution in [-0.2, 0) is 9.47 Å². The average Bonchev–Trinajstić information content (AvgIpc) is 3.01. The Kier molecular flexibility index (Phi) is 4.18. The van der Waals surface area contributed by atoms with Crippen LogP contribution in [0.2, 0.25) is 0 Å². The third-order valence-corrected chi connectivity index (χ3v) is 8.51. The number of thioether (sulfide) groups is 4. The molecule has 3 heterocycles. The number of allylic oxidation sites excluding steroid dienone is 2. The molecule has 0 aliphatic carbocycles. The molecule has 18 heavy (non-hydrogen) atoms. The summed E-state index contributed by atoms with van der Waals surface area (Å²) in [5.74, 6) is 0. The van der Waals surface area contributed by atoms with E-state index >= 15 is 0 Å². The minimum absolute atomic E-state index is 0.675. The van der Waals surface area contributed by atoms with Crippen LogP contribution in [-0.4, -0.2) is 13.2 Å². The molecular weight excluding hydrogens is 304 g/mol. The zero-order valence-electron chi connectivity index (χ0n) is 10.3. The highest BCUT2D eigenvalue weighted by Crippen LogP contribution is 2.61. The van der Waals surface area contributed by atoms with Crippen molar-refractivity contribution in [3.8, 4) is 0 Å². The van der Waals surface area contributed by atoms with Crippen LogP contribution in [0, 0.1) is 0 Å². The summed E-state index contributed by atoms with van der Waals surface area (Å²) in [6.45, 7) is 5.81. The summed E-state index contributed by atoms with van der Waals surface area (Å²) in [5, 5.41) is 1.91. The van der Waals surface area contributed by atoms with Gasteiger partial charge in [-0.1, -0.05) is 37.4 Å². The van der Waals surface area contributed by atoms with E-state index in [1.54, 1.807) is 23.5 Å². The molecule has 0 bridgehead atoms. The van der Waals surface area contributed by atoms with Crippen molar-refractivity contribution in [3.05, 3.63) is 28.5 Å². The van der Waals surface area contributed by atoms with Crippen LogP contribution in [0.3, 0.4) is 0 Å². The van der Waals surface area contributed by atoms with Crippen molar-refractivity contribution in [1.29, 1.82) is 0 Å². The van der Waals surface area contributed by atoms with Crippen LogP contribution in [0.1, 0.15) is 26.7 Å². The van der Waals surface area contributed by atoms with Crippen molar-refractivity contribution < 1.29 is 9.47 Å². The van der Waals surface area contributed by atoms with Gasteiger partial charge in [-0.2, -0.15) is 0 Å². The molecule has 0 spiro atoms. The second-order valence-electron chi connectivity index (χ2n) is 3.81. The summed E-state index contributed by atoms with van der Waals surface area (Å²) in [5.41, 5.74) is 0. The maximum Gasteiger partial charge on any atom is 0.208 e. The first-order valence-electron chi connectivity index (χ1n) is 5.99. The van der Waals surface area contributed by atoms with Crippen molar-refractivity contribution >= 4 is 47.0 Å². The molecule has 3 aliphatic rings. The van der Waals surface area contributed by atoms with E-state index in [9.17, 15) is 0 Å². The largest absolute Gasteiger partial charge is 0.480 e. The van der Waals surface area contributed by atoms with Gasteiger partial charge in [-0.3, -0.25) is 0 Å². The van der Waals surface area contributed by atoms with E-state index in [-0.39, 0.29) is 0 Å². The first-order chi connectivity index (χ1) is 8.81. The summed E-state index contributed by atoms with van der Waals surface area (Å²) in [6, 6.07) is 0. The fourth-order valence-corrected chi connectivity index (χ4v) is 7.16. The molecule has 0 atom stereocenters. The Morgan fingerprint density at radius 1 is 0.778 bits per heavy atom. The molecule has 6 heteroatoms. The lowest BCUT2D eigenvalue weighted by atomic mass is 10.3. The molecule has 0 aromatic carbocycles. The van der Waals surface area contributed by atoms with Crippen LogP contribution in [0.25, 0.3) is 0 Å². The van der Waals surface area contributed by atoms with Gasteiger partial charge < -0.3 is 9.47 Å². The number of ether oxygens (including phenoxy) is 2. The zero-order chi connectivity index (χ0) is 12.5. The molecule has 0 saturated heterocycles. The SMILES string of the molecule is CCC1=C(CC)SC(=C2SC3=C(OCCO3)S2)S1. The minimum Gasteiger partial charge on any atom is -0.480 e. The van der Waals surface area contributed by atoms with E-state index < -0.39 is 0 Å². The Bertz CT molecular complexity index is 403. The molecule has 98 valence electrons. The van der Waals surface area contributed by atoms with Crippen molar-refractivity contribution in [2.45, 2.75) is 26.7 Å². The maximum absolute atomic E-state index is 5.63. The van der Waals surface area contributed by atoms with Crippen LogP contribution in [0.5, 0.6) is 0 Å². The highest BCUT2D eigenvalue weighted by molar-refractivity contribution is 8.34. The number of hydrogen-bond donors (Lipinski definition) is 0. The molecule has 3 aliphatic heterocycles. The lowest BCUT2D eigenvalue weighted by Gasteiger charge is -2.13. The highest BCUT2D eigenvalue weighted by atomic mass is 32.2. The molecule has 2 nitrogen and oxygen atoms in total. The third-order valence-electron chi connectivity index (χ3n) is 2.64. The second-order valence-corrected chi connectivity index (χ2v) is 8.50. The molecule has 0 amide bonds. The lowest BCUT2D eigenvalue weighted by Crippen LogP contribution is -2.08. The van der Waals surface area contributed by atoms with E-state index in [2.05, 4.69) is 13.8 Å². The molecule has 0 radical (unpaired) electrons. The van der Waals surface area contributed by atoms with E-state index in [0.717, 1.165) is 23.0 Å².